The number of cyclic esters (lactones) is 2. The SMILES string of the molecule is O=C(O)C[C@]12C(=O)OC(=O)[C@H]1[C@H]1C=C[C@@H]2C1. The molecule has 0 unspecified atom stereocenters. The van der Waals surface area contributed by atoms with E-state index in [4.69, 9.17) is 5.11 Å². The highest BCUT2D eigenvalue weighted by molar-refractivity contribution is 6.02. The van der Waals surface area contributed by atoms with Crippen molar-refractivity contribution in [3.63, 3.8) is 0 Å². The molecule has 0 radical (unpaired) electrons. The van der Waals surface area contributed by atoms with Crippen LogP contribution < -0.4 is 0 Å². The number of esters is 2. The molecule has 0 amide bonds. The van der Waals surface area contributed by atoms with Gasteiger partial charge in [-0.2, -0.15) is 0 Å². The summed E-state index contributed by atoms with van der Waals surface area (Å²) in [4.78, 5) is 34.2. The summed E-state index contributed by atoms with van der Waals surface area (Å²) >= 11 is 0. The van der Waals surface area contributed by atoms with Gasteiger partial charge in [0.15, 0.2) is 0 Å². The molecule has 2 fully saturated rings. The zero-order valence-corrected chi connectivity index (χ0v) is 8.38. The molecule has 0 aromatic carbocycles. The number of carbonyl (C=O) groups is 3. The zero-order chi connectivity index (χ0) is 11.5. The number of hydrogen-bond donors (Lipinski definition) is 1. The molecular weight excluding hydrogens is 212 g/mol. The molecule has 1 saturated heterocycles. The minimum atomic E-state index is -1.12. The van der Waals surface area contributed by atoms with Gasteiger partial charge in [-0.25, -0.2) is 0 Å². The molecule has 1 heterocycles. The molecular formula is C11H10O5. The van der Waals surface area contributed by atoms with Gasteiger partial charge in [-0.3, -0.25) is 14.4 Å². The van der Waals surface area contributed by atoms with Crippen molar-refractivity contribution < 1.29 is 24.2 Å². The predicted octanol–water partition coefficient (Wildman–Crippen LogP) is 0.353. The Morgan fingerprint density at radius 1 is 1.50 bits per heavy atom. The number of allylic oxidation sites excluding steroid dienone is 2. The van der Waals surface area contributed by atoms with Crippen LogP contribution in [0.15, 0.2) is 12.2 Å². The van der Waals surface area contributed by atoms with Gasteiger partial charge < -0.3 is 9.84 Å². The maximum absolute atomic E-state index is 11.8. The van der Waals surface area contributed by atoms with Crippen LogP contribution in [-0.2, 0) is 19.1 Å². The van der Waals surface area contributed by atoms with E-state index in [1.807, 2.05) is 12.2 Å². The highest BCUT2D eigenvalue weighted by atomic mass is 16.6. The minimum Gasteiger partial charge on any atom is -0.481 e. The number of carbonyl (C=O) groups excluding carboxylic acids is 2. The average molecular weight is 222 g/mol. The molecule has 84 valence electrons. The molecule has 0 aromatic heterocycles. The lowest BCUT2D eigenvalue weighted by molar-refractivity contribution is -0.159. The van der Waals surface area contributed by atoms with E-state index in [9.17, 15) is 14.4 Å². The summed E-state index contributed by atoms with van der Waals surface area (Å²) in [5.74, 6) is -3.02. The van der Waals surface area contributed by atoms with Crippen LogP contribution >= 0.6 is 0 Å². The number of carboxylic acid groups (broad SMARTS) is 1. The average Bonchev–Trinajstić information content (AvgIpc) is 2.79. The van der Waals surface area contributed by atoms with Gasteiger partial charge in [-0.1, -0.05) is 12.2 Å². The third kappa shape index (κ3) is 0.887. The quantitative estimate of drug-likeness (QED) is 0.414. The Morgan fingerprint density at radius 2 is 2.25 bits per heavy atom. The zero-order valence-electron chi connectivity index (χ0n) is 8.38. The Balaban J connectivity index is 2.10. The van der Waals surface area contributed by atoms with E-state index in [-0.39, 0.29) is 18.3 Å². The van der Waals surface area contributed by atoms with Gasteiger partial charge in [0.05, 0.1) is 17.8 Å². The van der Waals surface area contributed by atoms with Gasteiger partial charge in [0.25, 0.3) is 0 Å². The molecule has 2 bridgehead atoms. The molecule has 3 rings (SSSR count). The van der Waals surface area contributed by atoms with E-state index in [1.165, 1.54) is 0 Å². The standard InChI is InChI=1S/C11H10O5/c12-7(13)4-11-6-2-1-5(3-6)8(11)9(14)16-10(11)15/h1-2,5-6,8H,3-4H2,(H,12,13)/t5-,6+,8+,11+/m0/s1. The highest BCUT2D eigenvalue weighted by Crippen LogP contribution is 2.61. The first-order valence-corrected chi connectivity index (χ1v) is 5.22. The van der Waals surface area contributed by atoms with Crippen molar-refractivity contribution in [3.05, 3.63) is 12.2 Å². The largest absolute Gasteiger partial charge is 0.481 e. The van der Waals surface area contributed by atoms with Crippen LogP contribution in [0.25, 0.3) is 0 Å². The number of ether oxygens (including phenoxy) is 1. The number of rotatable bonds is 2. The molecule has 1 saturated carbocycles. The van der Waals surface area contributed by atoms with Crippen LogP contribution in [0.1, 0.15) is 12.8 Å². The van der Waals surface area contributed by atoms with Gasteiger partial charge in [0, 0.05) is 0 Å². The third-order valence-electron chi connectivity index (χ3n) is 4.03. The van der Waals surface area contributed by atoms with Crippen molar-refractivity contribution in [3.8, 4) is 0 Å². The molecule has 4 atom stereocenters. The van der Waals surface area contributed by atoms with Crippen LogP contribution in [0, 0.1) is 23.2 Å². The summed E-state index contributed by atoms with van der Waals surface area (Å²) < 4.78 is 4.63. The Labute approximate surface area is 91.1 Å². The van der Waals surface area contributed by atoms with E-state index in [0.29, 0.717) is 6.42 Å². The fraction of sp³-hybridized carbons (Fsp3) is 0.545. The van der Waals surface area contributed by atoms with E-state index < -0.39 is 29.2 Å². The Morgan fingerprint density at radius 3 is 2.94 bits per heavy atom. The summed E-state index contributed by atoms with van der Waals surface area (Å²) in [5, 5.41) is 8.90. The lowest BCUT2D eigenvalue weighted by Gasteiger charge is -2.28. The lowest BCUT2D eigenvalue weighted by atomic mass is 9.68. The predicted molar refractivity (Wildman–Crippen MR) is 50.0 cm³/mol. The molecule has 5 heteroatoms. The molecule has 5 nitrogen and oxygen atoms in total. The molecule has 3 aliphatic rings. The summed E-state index contributed by atoms with van der Waals surface area (Å²) in [6.07, 6.45) is 4.13. The van der Waals surface area contributed by atoms with Crippen molar-refractivity contribution >= 4 is 17.9 Å². The van der Waals surface area contributed by atoms with E-state index >= 15 is 0 Å². The Hall–Kier alpha value is -1.65. The number of aliphatic carboxylic acids is 1. The fourth-order valence-electron chi connectivity index (χ4n) is 3.45. The third-order valence-corrected chi connectivity index (χ3v) is 4.03. The number of hydrogen-bond acceptors (Lipinski definition) is 4. The maximum atomic E-state index is 11.8. The lowest BCUT2D eigenvalue weighted by Crippen LogP contribution is -2.39. The van der Waals surface area contributed by atoms with Gasteiger partial charge in [-0.15, -0.1) is 0 Å². The summed E-state index contributed by atoms with van der Waals surface area (Å²) in [7, 11) is 0. The van der Waals surface area contributed by atoms with Crippen molar-refractivity contribution in [2.45, 2.75) is 12.8 Å². The Kier molecular flexibility index (Phi) is 1.63. The van der Waals surface area contributed by atoms with Gasteiger partial charge >= 0.3 is 17.9 Å². The van der Waals surface area contributed by atoms with E-state index in [2.05, 4.69) is 4.74 Å². The highest BCUT2D eigenvalue weighted by Gasteiger charge is 2.69. The molecule has 0 aromatic rings. The molecule has 2 aliphatic carbocycles. The van der Waals surface area contributed by atoms with Crippen molar-refractivity contribution in [1.29, 1.82) is 0 Å². The van der Waals surface area contributed by atoms with Crippen LogP contribution in [-0.4, -0.2) is 23.0 Å². The molecule has 1 N–H and O–H groups in total. The fourth-order valence-corrected chi connectivity index (χ4v) is 3.45. The normalized spacial score (nSPS) is 43.6. The van der Waals surface area contributed by atoms with E-state index in [0.717, 1.165) is 0 Å². The van der Waals surface area contributed by atoms with Crippen molar-refractivity contribution in [1.82, 2.24) is 0 Å². The summed E-state index contributed by atoms with van der Waals surface area (Å²) in [5.41, 5.74) is -1.12. The first kappa shape index (κ1) is 9.57. The van der Waals surface area contributed by atoms with Crippen LogP contribution in [0.2, 0.25) is 0 Å². The first-order chi connectivity index (χ1) is 7.55. The molecule has 1 aliphatic heterocycles. The van der Waals surface area contributed by atoms with Gasteiger partial charge in [0.1, 0.15) is 0 Å². The second-order valence-electron chi connectivity index (χ2n) is 4.69. The van der Waals surface area contributed by atoms with Crippen LogP contribution in [0.5, 0.6) is 0 Å². The van der Waals surface area contributed by atoms with Crippen LogP contribution in [0.3, 0.4) is 0 Å². The van der Waals surface area contributed by atoms with Gasteiger partial charge in [0.2, 0.25) is 0 Å². The maximum Gasteiger partial charge on any atom is 0.321 e. The number of fused-ring (bicyclic) bond motifs is 5. The first-order valence-electron chi connectivity index (χ1n) is 5.22. The second kappa shape index (κ2) is 2.72. The topological polar surface area (TPSA) is 80.7 Å². The molecule has 0 spiro atoms. The van der Waals surface area contributed by atoms with Gasteiger partial charge in [-0.05, 0) is 18.3 Å². The number of carboxylic acids is 1. The summed E-state index contributed by atoms with van der Waals surface area (Å²) in [6.45, 7) is 0. The minimum absolute atomic E-state index is 0.0247. The second-order valence-corrected chi connectivity index (χ2v) is 4.69. The van der Waals surface area contributed by atoms with E-state index in [1.54, 1.807) is 0 Å². The summed E-state index contributed by atoms with van der Waals surface area (Å²) in [6, 6.07) is 0. The van der Waals surface area contributed by atoms with Crippen molar-refractivity contribution in [2.24, 2.45) is 23.2 Å². The van der Waals surface area contributed by atoms with Crippen molar-refractivity contribution in [2.75, 3.05) is 0 Å². The van der Waals surface area contributed by atoms with Crippen LogP contribution in [0.4, 0.5) is 0 Å². The smallest absolute Gasteiger partial charge is 0.321 e. The Bertz CT molecular complexity index is 438. The monoisotopic (exact) mass is 222 g/mol. The molecule has 16 heavy (non-hydrogen) atoms.